The Morgan fingerprint density at radius 1 is 0.933 bits per heavy atom. The lowest BCUT2D eigenvalue weighted by atomic mass is 9.88. The van der Waals surface area contributed by atoms with E-state index >= 15 is 0 Å². The molecular weight excluding hydrogens is 378 g/mol. The maximum atomic E-state index is 13.0. The summed E-state index contributed by atoms with van der Waals surface area (Å²) in [4.78, 5) is 41.6. The van der Waals surface area contributed by atoms with Crippen LogP contribution in [0.2, 0.25) is 0 Å². The zero-order valence-corrected chi connectivity index (χ0v) is 17.7. The van der Waals surface area contributed by atoms with Crippen LogP contribution in [0.4, 0.5) is 0 Å². The molecule has 2 heterocycles. The van der Waals surface area contributed by atoms with Crippen LogP contribution >= 0.6 is 0 Å². The van der Waals surface area contributed by atoms with E-state index in [4.69, 9.17) is 0 Å². The Kier molecular flexibility index (Phi) is 6.70. The standard InChI is InChI=1S/C24H33N3O3/c28-22-15-20(17-27(22)16-18-7-3-1-4-8-18)24(30)26-13-11-21(12-14-26)25-23(29)19-9-5-2-6-10-19/h1,3-4,7-8,19-21H,2,5-6,9-17H2,(H,25,29). The molecule has 2 aliphatic heterocycles. The lowest BCUT2D eigenvalue weighted by Gasteiger charge is -2.34. The van der Waals surface area contributed by atoms with Crippen molar-refractivity contribution in [3.63, 3.8) is 0 Å². The van der Waals surface area contributed by atoms with Gasteiger partial charge in [-0.1, -0.05) is 49.6 Å². The minimum Gasteiger partial charge on any atom is -0.353 e. The van der Waals surface area contributed by atoms with E-state index in [-0.39, 0.29) is 35.6 Å². The summed E-state index contributed by atoms with van der Waals surface area (Å²) in [6.45, 7) is 2.40. The van der Waals surface area contributed by atoms with E-state index < -0.39 is 0 Å². The van der Waals surface area contributed by atoms with Crippen molar-refractivity contribution in [2.75, 3.05) is 19.6 Å². The molecule has 0 spiro atoms. The monoisotopic (exact) mass is 411 g/mol. The highest BCUT2D eigenvalue weighted by Crippen LogP contribution is 2.26. The summed E-state index contributed by atoms with van der Waals surface area (Å²) in [6, 6.07) is 10.1. The molecule has 0 bridgehead atoms. The highest BCUT2D eigenvalue weighted by Gasteiger charge is 2.37. The van der Waals surface area contributed by atoms with E-state index in [9.17, 15) is 14.4 Å². The molecule has 1 aliphatic carbocycles. The fourth-order valence-corrected chi connectivity index (χ4v) is 5.08. The van der Waals surface area contributed by atoms with Crippen LogP contribution in [0.25, 0.3) is 0 Å². The number of benzene rings is 1. The van der Waals surface area contributed by atoms with Gasteiger partial charge in [0, 0.05) is 44.6 Å². The van der Waals surface area contributed by atoms with E-state index in [1.165, 1.54) is 6.42 Å². The average Bonchev–Trinajstić information content (AvgIpc) is 3.15. The molecule has 1 atom stereocenters. The highest BCUT2D eigenvalue weighted by molar-refractivity contribution is 5.89. The van der Waals surface area contributed by atoms with Crippen LogP contribution in [0.15, 0.2) is 30.3 Å². The van der Waals surface area contributed by atoms with Crippen LogP contribution in [0.5, 0.6) is 0 Å². The molecule has 1 aromatic rings. The van der Waals surface area contributed by atoms with Gasteiger partial charge in [-0.2, -0.15) is 0 Å². The lowest BCUT2D eigenvalue weighted by molar-refractivity contribution is -0.137. The third-order valence-electron chi connectivity index (χ3n) is 6.91. The first kappa shape index (κ1) is 20.9. The van der Waals surface area contributed by atoms with Crippen molar-refractivity contribution >= 4 is 17.7 Å². The van der Waals surface area contributed by atoms with Gasteiger partial charge in [-0.3, -0.25) is 14.4 Å². The first-order valence-electron chi connectivity index (χ1n) is 11.5. The van der Waals surface area contributed by atoms with Gasteiger partial charge in [0.25, 0.3) is 0 Å². The van der Waals surface area contributed by atoms with Crippen LogP contribution in [-0.2, 0) is 20.9 Å². The van der Waals surface area contributed by atoms with Crippen LogP contribution in [0.3, 0.4) is 0 Å². The first-order valence-corrected chi connectivity index (χ1v) is 11.5. The second kappa shape index (κ2) is 9.63. The third kappa shape index (κ3) is 5.02. The zero-order chi connectivity index (χ0) is 20.9. The van der Waals surface area contributed by atoms with Gasteiger partial charge in [0.15, 0.2) is 0 Å². The van der Waals surface area contributed by atoms with E-state index in [0.717, 1.165) is 44.1 Å². The molecule has 30 heavy (non-hydrogen) atoms. The summed E-state index contributed by atoms with van der Waals surface area (Å²) < 4.78 is 0. The van der Waals surface area contributed by atoms with Gasteiger partial charge < -0.3 is 15.1 Å². The summed E-state index contributed by atoms with van der Waals surface area (Å²) in [5.41, 5.74) is 1.09. The van der Waals surface area contributed by atoms with Crippen molar-refractivity contribution in [2.24, 2.45) is 11.8 Å². The smallest absolute Gasteiger partial charge is 0.227 e. The molecule has 3 aliphatic rings. The lowest BCUT2D eigenvalue weighted by Crippen LogP contribution is -2.49. The minimum absolute atomic E-state index is 0.0619. The molecule has 1 unspecified atom stereocenters. The topological polar surface area (TPSA) is 69.7 Å². The van der Waals surface area contributed by atoms with Gasteiger partial charge in [0.2, 0.25) is 17.7 Å². The number of hydrogen-bond acceptors (Lipinski definition) is 3. The predicted octanol–water partition coefficient (Wildman–Crippen LogP) is 2.72. The molecule has 6 heteroatoms. The van der Waals surface area contributed by atoms with Crippen LogP contribution in [0.1, 0.15) is 56.9 Å². The van der Waals surface area contributed by atoms with Gasteiger partial charge in [-0.15, -0.1) is 0 Å². The van der Waals surface area contributed by atoms with E-state index in [1.807, 2.05) is 35.2 Å². The molecule has 162 valence electrons. The maximum absolute atomic E-state index is 13.0. The van der Waals surface area contributed by atoms with Crippen molar-refractivity contribution in [1.82, 2.24) is 15.1 Å². The fourth-order valence-electron chi connectivity index (χ4n) is 5.08. The molecule has 2 saturated heterocycles. The number of rotatable bonds is 5. The number of hydrogen-bond donors (Lipinski definition) is 1. The molecule has 1 N–H and O–H groups in total. The van der Waals surface area contributed by atoms with Crippen molar-refractivity contribution in [1.29, 1.82) is 0 Å². The first-order chi connectivity index (χ1) is 14.6. The summed E-state index contributed by atoms with van der Waals surface area (Å²) in [6.07, 6.45) is 7.51. The third-order valence-corrected chi connectivity index (χ3v) is 6.91. The molecule has 4 rings (SSSR count). The van der Waals surface area contributed by atoms with Crippen LogP contribution in [-0.4, -0.2) is 53.2 Å². The predicted molar refractivity (Wildman–Crippen MR) is 114 cm³/mol. The minimum atomic E-state index is -0.241. The second-order valence-electron chi connectivity index (χ2n) is 9.10. The average molecular weight is 412 g/mol. The molecule has 0 aromatic heterocycles. The molecule has 1 aromatic carbocycles. The van der Waals surface area contributed by atoms with Gasteiger partial charge >= 0.3 is 0 Å². The normalized spacial score (nSPS) is 23.6. The molecule has 3 amide bonds. The van der Waals surface area contributed by atoms with Crippen molar-refractivity contribution < 1.29 is 14.4 Å². The van der Waals surface area contributed by atoms with E-state index in [1.54, 1.807) is 4.90 Å². The highest BCUT2D eigenvalue weighted by atomic mass is 16.2. The second-order valence-corrected chi connectivity index (χ2v) is 9.10. The molecule has 3 fully saturated rings. The Labute approximate surface area is 179 Å². The van der Waals surface area contributed by atoms with Crippen molar-refractivity contribution in [2.45, 2.75) is 64.0 Å². The van der Waals surface area contributed by atoms with Gasteiger partial charge in [-0.05, 0) is 31.2 Å². The van der Waals surface area contributed by atoms with Crippen LogP contribution in [0, 0.1) is 11.8 Å². The SMILES string of the molecule is O=C(NC1CCN(C(=O)C2CC(=O)N(Cc3ccccc3)C2)CC1)C1CCCCC1. The molecule has 6 nitrogen and oxygen atoms in total. The quantitative estimate of drug-likeness (QED) is 0.810. The summed E-state index contributed by atoms with van der Waals surface area (Å²) >= 11 is 0. The van der Waals surface area contributed by atoms with E-state index in [0.29, 0.717) is 32.6 Å². The van der Waals surface area contributed by atoms with Gasteiger partial charge in [0.1, 0.15) is 0 Å². The largest absolute Gasteiger partial charge is 0.353 e. The number of carbonyl (C=O) groups is 3. The Bertz CT molecular complexity index is 752. The molecule has 0 radical (unpaired) electrons. The summed E-state index contributed by atoms with van der Waals surface area (Å²) in [5, 5.41) is 3.22. The van der Waals surface area contributed by atoms with Crippen molar-refractivity contribution in [3.8, 4) is 0 Å². The zero-order valence-electron chi connectivity index (χ0n) is 17.7. The molecule has 1 saturated carbocycles. The maximum Gasteiger partial charge on any atom is 0.227 e. The van der Waals surface area contributed by atoms with Crippen LogP contribution < -0.4 is 5.32 Å². The van der Waals surface area contributed by atoms with Crippen molar-refractivity contribution in [3.05, 3.63) is 35.9 Å². The Morgan fingerprint density at radius 2 is 1.63 bits per heavy atom. The number of likely N-dealkylation sites (tertiary alicyclic amines) is 2. The number of nitrogens with one attached hydrogen (secondary N) is 1. The Hall–Kier alpha value is -2.37. The van der Waals surface area contributed by atoms with Gasteiger partial charge in [0.05, 0.1) is 5.92 Å². The van der Waals surface area contributed by atoms with E-state index in [2.05, 4.69) is 5.32 Å². The van der Waals surface area contributed by atoms with Gasteiger partial charge in [-0.25, -0.2) is 0 Å². The fraction of sp³-hybridized carbons (Fsp3) is 0.625. The number of carbonyl (C=O) groups excluding carboxylic acids is 3. The number of piperidine rings is 1. The Balaban J connectivity index is 1.23. The summed E-state index contributed by atoms with van der Waals surface area (Å²) in [7, 11) is 0. The Morgan fingerprint density at radius 3 is 2.33 bits per heavy atom. The number of nitrogens with zero attached hydrogens (tertiary/aromatic N) is 2. The number of amides is 3. The summed E-state index contributed by atoms with van der Waals surface area (Å²) in [5.74, 6) is 0.299. The molecular formula is C24H33N3O3.